The molecular formula is C26H24BrF3N4O2. The summed E-state index contributed by atoms with van der Waals surface area (Å²) in [6.45, 7) is 5.68. The minimum atomic E-state index is -4.57. The molecule has 3 heterocycles. The highest BCUT2D eigenvalue weighted by Crippen LogP contribution is 2.29. The third-order valence-corrected chi connectivity index (χ3v) is 6.32. The van der Waals surface area contributed by atoms with Gasteiger partial charge in [-0.3, -0.25) is 9.59 Å². The number of benzene rings is 1. The number of alkyl halides is 3. The molecule has 2 N–H and O–H groups in total. The van der Waals surface area contributed by atoms with Crippen LogP contribution in [0.15, 0.2) is 57.9 Å². The van der Waals surface area contributed by atoms with E-state index in [-0.39, 0.29) is 36.2 Å². The van der Waals surface area contributed by atoms with Gasteiger partial charge < -0.3 is 14.9 Å². The fraction of sp³-hybridized carbons (Fsp3) is 0.269. The molecule has 0 aliphatic rings. The fourth-order valence-corrected chi connectivity index (χ4v) is 4.64. The van der Waals surface area contributed by atoms with Crippen molar-refractivity contribution in [2.24, 2.45) is 0 Å². The quantitative estimate of drug-likeness (QED) is 0.307. The minimum absolute atomic E-state index is 0.0122. The van der Waals surface area contributed by atoms with Crippen LogP contribution in [0.5, 0.6) is 0 Å². The molecule has 0 saturated heterocycles. The van der Waals surface area contributed by atoms with Crippen molar-refractivity contribution in [1.82, 2.24) is 19.9 Å². The van der Waals surface area contributed by atoms with Crippen LogP contribution in [0.2, 0.25) is 0 Å². The highest BCUT2D eigenvalue weighted by molar-refractivity contribution is 9.10. The zero-order chi connectivity index (χ0) is 26.2. The van der Waals surface area contributed by atoms with Crippen molar-refractivity contribution in [2.75, 3.05) is 0 Å². The first-order valence-corrected chi connectivity index (χ1v) is 12.1. The Morgan fingerprint density at radius 1 is 1.19 bits per heavy atom. The lowest BCUT2D eigenvalue weighted by atomic mass is 10.0. The molecule has 0 aliphatic carbocycles. The van der Waals surface area contributed by atoms with Gasteiger partial charge in [-0.25, -0.2) is 4.98 Å². The summed E-state index contributed by atoms with van der Waals surface area (Å²) in [6, 6.07) is 11.1. The van der Waals surface area contributed by atoms with Crippen molar-refractivity contribution in [3.05, 3.63) is 97.3 Å². The van der Waals surface area contributed by atoms with Crippen molar-refractivity contribution in [3.8, 4) is 0 Å². The molecule has 1 aromatic carbocycles. The van der Waals surface area contributed by atoms with Crippen molar-refractivity contribution < 1.29 is 18.0 Å². The van der Waals surface area contributed by atoms with Crippen molar-refractivity contribution in [2.45, 2.75) is 46.0 Å². The number of H-pyrrole nitrogens is 1. The van der Waals surface area contributed by atoms with Crippen LogP contribution in [-0.4, -0.2) is 20.4 Å². The number of amides is 1. The lowest BCUT2D eigenvalue weighted by Crippen LogP contribution is -2.28. The van der Waals surface area contributed by atoms with Crippen LogP contribution in [0, 0.1) is 6.92 Å². The van der Waals surface area contributed by atoms with Crippen LogP contribution in [0.25, 0.3) is 10.9 Å². The molecule has 0 atom stereocenters. The van der Waals surface area contributed by atoms with E-state index in [0.29, 0.717) is 16.8 Å². The third kappa shape index (κ3) is 5.38. The summed E-state index contributed by atoms with van der Waals surface area (Å²) in [7, 11) is 0. The predicted molar refractivity (Wildman–Crippen MR) is 135 cm³/mol. The van der Waals surface area contributed by atoms with Crippen LogP contribution in [-0.2, 0) is 19.1 Å². The Morgan fingerprint density at radius 2 is 1.94 bits per heavy atom. The highest BCUT2D eigenvalue weighted by Gasteiger charge is 2.32. The van der Waals surface area contributed by atoms with Crippen LogP contribution in [0.3, 0.4) is 0 Å². The first kappa shape index (κ1) is 25.7. The molecule has 6 nitrogen and oxygen atoms in total. The number of aromatic nitrogens is 3. The molecule has 0 aliphatic heterocycles. The smallest absolute Gasteiger partial charge is 0.348 e. The van der Waals surface area contributed by atoms with Gasteiger partial charge >= 0.3 is 6.18 Å². The molecule has 0 saturated carbocycles. The Kier molecular flexibility index (Phi) is 7.08. The molecule has 10 heteroatoms. The monoisotopic (exact) mass is 560 g/mol. The molecule has 188 valence electrons. The Bertz CT molecular complexity index is 1510. The molecule has 36 heavy (non-hydrogen) atoms. The van der Waals surface area contributed by atoms with Crippen molar-refractivity contribution in [3.63, 3.8) is 0 Å². The second kappa shape index (κ2) is 9.93. The SMILES string of the molecule is Cc1cc(Cc2cccc(C(F)(F)F)n2)c(CNC(=O)c2cc(Br)cc3c2ccn3C(C)C)c(=O)[nH]1. The molecule has 1 amide bonds. The zero-order valence-corrected chi connectivity index (χ0v) is 21.4. The minimum Gasteiger partial charge on any atom is -0.348 e. The van der Waals surface area contributed by atoms with E-state index in [2.05, 4.69) is 35.8 Å². The molecule has 0 unspecified atom stereocenters. The number of halogens is 4. The number of fused-ring (bicyclic) bond motifs is 1. The van der Waals surface area contributed by atoms with E-state index < -0.39 is 17.4 Å². The average molecular weight is 561 g/mol. The zero-order valence-electron chi connectivity index (χ0n) is 19.8. The largest absolute Gasteiger partial charge is 0.433 e. The molecule has 3 aromatic heterocycles. The van der Waals surface area contributed by atoms with Crippen LogP contribution < -0.4 is 10.9 Å². The lowest BCUT2D eigenvalue weighted by Gasteiger charge is -2.13. The van der Waals surface area contributed by atoms with Gasteiger partial charge in [0.05, 0.1) is 5.52 Å². The summed E-state index contributed by atoms with van der Waals surface area (Å²) in [5.74, 6) is -0.370. The molecule has 4 rings (SSSR count). The number of carbonyl (C=O) groups excluding carboxylic acids is 1. The summed E-state index contributed by atoms with van der Waals surface area (Å²) in [5, 5.41) is 3.58. The Labute approximate surface area is 213 Å². The van der Waals surface area contributed by atoms with Gasteiger partial charge in [-0.05, 0) is 62.7 Å². The van der Waals surface area contributed by atoms with Gasteiger partial charge in [0.25, 0.3) is 11.5 Å². The molecule has 0 fully saturated rings. The molecule has 4 aromatic rings. The van der Waals surface area contributed by atoms with E-state index >= 15 is 0 Å². The van der Waals surface area contributed by atoms with Crippen molar-refractivity contribution >= 4 is 32.7 Å². The summed E-state index contributed by atoms with van der Waals surface area (Å²) in [4.78, 5) is 32.3. The fourth-order valence-electron chi connectivity index (χ4n) is 4.20. The second-order valence-corrected chi connectivity index (χ2v) is 9.78. The first-order chi connectivity index (χ1) is 16.9. The average Bonchev–Trinajstić information content (AvgIpc) is 3.21. The maximum atomic E-state index is 13.2. The number of nitrogens with one attached hydrogen (secondary N) is 2. The van der Waals surface area contributed by atoms with E-state index in [1.807, 2.05) is 32.2 Å². The van der Waals surface area contributed by atoms with E-state index in [9.17, 15) is 22.8 Å². The number of pyridine rings is 2. The summed E-state index contributed by atoms with van der Waals surface area (Å²) in [6.07, 6.45) is -2.64. The van der Waals surface area contributed by atoms with Gasteiger partial charge in [0.1, 0.15) is 5.69 Å². The number of aromatic amines is 1. The molecule has 0 bridgehead atoms. The number of carbonyl (C=O) groups is 1. The summed E-state index contributed by atoms with van der Waals surface area (Å²) >= 11 is 3.47. The van der Waals surface area contributed by atoms with E-state index in [1.54, 1.807) is 19.1 Å². The van der Waals surface area contributed by atoms with Gasteiger partial charge in [-0.2, -0.15) is 13.2 Å². The molecular weight excluding hydrogens is 537 g/mol. The third-order valence-electron chi connectivity index (χ3n) is 5.86. The Balaban J connectivity index is 1.63. The first-order valence-electron chi connectivity index (χ1n) is 11.3. The standard InChI is InChI=1S/C26H24BrF3N4O2/c1-14(2)34-8-7-19-20(11-17(27)12-22(19)34)24(35)31-13-21-16(9-15(3)32-25(21)36)10-18-5-4-6-23(33-18)26(28,29)30/h4-9,11-12,14H,10,13H2,1-3H3,(H,31,35)(H,32,36). The van der Waals surface area contributed by atoms with Gasteiger partial charge in [0, 0.05) is 57.6 Å². The van der Waals surface area contributed by atoms with Crippen LogP contribution >= 0.6 is 15.9 Å². The maximum absolute atomic E-state index is 13.2. The van der Waals surface area contributed by atoms with E-state index in [0.717, 1.165) is 21.4 Å². The predicted octanol–water partition coefficient (Wildman–Crippen LogP) is 5.92. The van der Waals surface area contributed by atoms with E-state index in [4.69, 9.17) is 0 Å². The van der Waals surface area contributed by atoms with Crippen LogP contribution in [0.1, 0.15) is 58.5 Å². The number of nitrogens with zero attached hydrogens (tertiary/aromatic N) is 2. The molecule has 0 spiro atoms. The van der Waals surface area contributed by atoms with E-state index in [1.165, 1.54) is 12.1 Å². The van der Waals surface area contributed by atoms with Gasteiger partial charge in [0.2, 0.25) is 0 Å². The van der Waals surface area contributed by atoms with Crippen molar-refractivity contribution in [1.29, 1.82) is 0 Å². The summed E-state index contributed by atoms with van der Waals surface area (Å²) < 4.78 is 42.1. The van der Waals surface area contributed by atoms with Gasteiger partial charge in [0.15, 0.2) is 0 Å². The second-order valence-electron chi connectivity index (χ2n) is 8.86. The topological polar surface area (TPSA) is 79.8 Å². The highest BCUT2D eigenvalue weighted by atomic mass is 79.9. The Morgan fingerprint density at radius 3 is 2.64 bits per heavy atom. The normalized spacial score (nSPS) is 11.9. The molecule has 0 radical (unpaired) electrons. The lowest BCUT2D eigenvalue weighted by molar-refractivity contribution is -0.141. The maximum Gasteiger partial charge on any atom is 0.433 e. The summed E-state index contributed by atoms with van der Waals surface area (Å²) in [5.41, 5.74) is 1.42. The van der Waals surface area contributed by atoms with Crippen LogP contribution in [0.4, 0.5) is 13.2 Å². The number of hydrogen-bond donors (Lipinski definition) is 2. The van der Waals surface area contributed by atoms with Gasteiger partial charge in [-0.15, -0.1) is 0 Å². The van der Waals surface area contributed by atoms with Gasteiger partial charge in [-0.1, -0.05) is 22.0 Å². The Hall–Kier alpha value is -3.40. The number of hydrogen-bond acceptors (Lipinski definition) is 3. The number of rotatable bonds is 6. The number of aryl methyl sites for hydroxylation is 1.